The van der Waals surface area contributed by atoms with Crippen LogP contribution in [-0.4, -0.2) is 26.6 Å². The van der Waals surface area contributed by atoms with E-state index in [1.807, 2.05) is 0 Å². The van der Waals surface area contributed by atoms with E-state index in [4.69, 9.17) is 0 Å². The molecule has 0 heterocycles. The topological polar surface area (TPSA) is 60.4 Å². The van der Waals surface area contributed by atoms with Crippen molar-refractivity contribution in [3.05, 3.63) is 101 Å². The summed E-state index contributed by atoms with van der Waals surface area (Å²) in [5.74, 6) is -0.939. The second kappa shape index (κ2) is 10.6. The lowest BCUT2D eigenvalue weighted by atomic mass is 9.81. The lowest BCUT2D eigenvalue weighted by Crippen LogP contribution is -2.55. The maximum absolute atomic E-state index is 14.3. The van der Waals surface area contributed by atoms with Crippen molar-refractivity contribution in [2.45, 2.75) is 59.9 Å². The number of carbonyl (C=O) groups is 1. The molecule has 1 saturated carbocycles. The van der Waals surface area contributed by atoms with E-state index in [1.54, 1.807) is 0 Å². The molecule has 1 fully saturated rings. The summed E-state index contributed by atoms with van der Waals surface area (Å²) in [6, 6.07) is 13.8. The fraction of sp³-hybridized carbons (Fsp3) is 0.321. The molecule has 214 valence electrons. The van der Waals surface area contributed by atoms with Gasteiger partial charge in [0.25, 0.3) is 5.60 Å². The number of Topliss-reactive ketones (excluding diaryl/α,β-unsaturated/α-hetero) is 1. The molecule has 12 heteroatoms. The Morgan fingerprint density at radius 3 is 1.77 bits per heavy atom. The van der Waals surface area contributed by atoms with Gasteiger partial charge in [-0.25, -0.2) is 12.8 Å². The first-order chi connectivity index (χ1) is 18.6. The molecule has 0 atom stereocenters. The summed E-state index contributed by atoms with van der Waals surface area (Å²) in [7, 11) is -4.36. The maximum atomic E-state index is 14.3. The Morgan fingerprint density at radius 1 is 0.750 bits per heavy atom. The molecular formula is C28H23F7O4S. The first kappa shape index (κ1) is 29.7. The van der Waals surface area contributed by atoms with Gasteiger partial charge >= 0.3 is 12.4 Å². The second-order valence-corrected chi connectivity index (χ2v) is 11.8. The minimum Gasteiger partial charge on any atom is -0.349 e. The van der Waals surface area contributed by atoms with Crippen molar-refractivity contribution >= 4 is 15.6 Å². The van der Waals surface area contributed by atoms with Crippen molar-refractivity contribution in [2.24, 2.45) is 0 Å². The normalized spacial score (nSPS) is 16.6. The first-order valence-corrected chi connectivity index (χ1v) is 13.6. The lowest BCUT2D eigenvalue weighted by molar-refractivity contribution is -0.392. The fourth-order valence-corrected chi connectivity index (χ4v) is 7.13. The van der Waals surface area contributed by atoms with Crippen LogP contribution < -0.4 is 0 Å². The van der Waals surface area contributed by atoms with E-state index in [2.05, 4.69) is 4.74 Å². The van der Waals surface area contributed by atoms with Gasteiger partial charge in [0.2, 0.25) is 0 Å². The van der Waals surface area contributed by atoms with Gasteiger partial charge in [-0.1, -0.05) is 54.6 Å². The highest BCUT2D eigenvalue weighted by Gasteiger charge is 2.73. The highest BCUT2D eigenvalue weighted by Crippen LogP contribution is 2.54. The number of hydrogen-bond acceptors (Lipinski definition) is 4. The molecule has 3 aromatic carbocycles. The molecule has 40 heavy (non-hydrogen) atoms. The summed E-state index contributed by atoms with van der Waals surface area (Å²) in [5.41, 5.74) is -6.00. The Kier molecular flexibility index (Phi) is 7.89. The van der Waals surface area contributed by atoms with E-state index >= 15 is 0 Å². The first-order valence-electron chi connectivity index (χ1n) is 12.1. The van der Waals surface area contributed by atoms with Crippen LogP contribution in [0.3, 0.4) is 0 Å². The van der Waals surface area contributed by atoms with Crippen LogP contribution in [0.15, 0.2) is 83.8 Å². The van der Waals surface area contributed by atoms with Gasteiger partial charge in [0.15, 0.2) is 9.84 Å². The van der Waals surface area contributed by atoms with Crippen LogP contribution in [0.5, 0.6) is 0 Å². The van der Waals surface area contributed by atoms with E-state index in [9.17, 15) is 43.9 Å². The van der Waals surface area contributed by atoms with E-state index in [1.165, 1.54) is 30.3 Å². The van der Waals surface area contributed by atoms with Gasteiger partial charge in [0.05, 0.1) is 11.5 Å². The van der Waals surface area contributed by atoms with Crippen molar-refractivity contribution in [3.8, 4) is 0 Å². The van der Waals surface area contributed by atoms with Crippen LogP contribution in [0, 0.1) is 5.82 Å². The molecule has 1 aliphatic carbocycles. The van der Waals surface area contributed by atoms with Gasteiger partial charge in [-0.15, -0.1) is 0 Å². The molecule has 0 aromatic heterocycles. The fourth-order valence-electron chi connectivity index (χ4n) is 4.99. The highest BCUT2D eigenvalue weighted by atomic mass is 32.2. The second-order valence-electron chi connectivity index (χ2n) is 9.52. The van der Waals surface area contributed by atoms with Gasteiger partial charge in [0, 0.05) is 18.4 Å². The van der Waals surface area contributed by atoms with Crippen LogP contribution in [0.2, 0.25) is 0 Å². The molecule has 0 N–H and O–H groups in total. The van der Waals surface area contributed by atoms with Gasteiger partial charge in [0.1, 0.15) is 16.3 Å². The number of hydrogen-bond donors (Lipinski definition) is 0. The molecule has 0 spiro atoms. The number of carbonyl (C=O) groups excluding carboxylic acids is 1. The van der Waals surface area contributed by atoms with Gasteiger partial charge in [-0.2, -0.15) is 26.3 Å². The Hall–Kier alpha value is -3.25. The smallest absolute Gasteiger partial charge is 0.349 e. The lowest BCUT2D eigenvalue weighted by Gasteiger charge is -2.39. The van der Waals surface area contributed by atoms with Crippen molar-refractivity contribution in [3.63, 3.8) is 0 Å². The van der Waals surface area contributed by atoms with Crippen LogP contribution in [0.4, 0.5) is 30.7 Å². The van der Waals surface area contributed by atoms with E-state index in [0.29, 0.717) is 12.1 Å². The zero-order valence-electron chi connectivity index (χ0n) is 20.7. The zero-order chi connectivity index (χ0) is 29.4. The number of ketones is 1. The quantitative estimate of drug-likeness (QED) is 0.217. The summed E-state index contributed by atoms with van der Waals surface area (Å²) in [6.07, 6.45) is -12.7. The largest absolute Gasteiger partial charge is 0.430 e. The number of ether oxygens (including phenoxy) is 1. The summed E-state index contributed by atoms with van der Waals surface area (Å²) in [6.45, 7) is -1.01. The third-order valence-electron chi connectivity index (χ3n) is 7.17. The maximum Gasteiger partial charge on any atom is 0.430 e. The van der Waals surface area contributed by atoms with Crippen molar-refractivity contribution in [1.29, 1.82) is 0 Å². The van der Waals surface area contributed by atoms with Crippen LogP contribution in [-0.2, 0) is 36.3 Å². The number of halogens is 7. The molecule has 0 unspecified atom stereocenters. The number of benzene rings is 3. The van der Waals surface area contributed by atoms with Crippen molar-refractivity contribution < 1.29 is 48.7 Å². The minimum atomic E-state index is -5.93. The molecule has 0 aliphatic heterocycles. The number of alkyl halides is 6. The summed E-state index contributed by atoms with van der Waals surface area (Å²) in [5, 5.41) is 0. The third kappa shape index (κ3) is 5.14. The summed E-state index contributed by atoms with van der Waals surface area (Å²) < 4.78 is 129. The Bertz CT molecular complexity index is 1420. The molecular weight excluding hydrogens is 565 g/mol. The molecule has 4 nitrogen and oxygen atoms in total. The van der Waals surface area contributed by atoms with Crippen molar-refractivity contribution in [2.75, 3.05) is 0 Å². The highest BCUT2D eigenvalue weighted by molar-refractivity contribution is 7.92. The molecule has 0 amide bonds. The average Bonchev–Trinajstić information content (AvgIpc) is 2.89. The summed E-state index contributed by atoms with van der Waals surface area (Å²) >= 11 is 0. The van der Waals surface area contributed by atoms with Crippen molar-refractivity contribution in [1.82, 2.24) is 0 Å². The molecule has 4 rings (SSSR count). The zero-order valence-corrected chi connectivity index (χ0v) is 21.5. The van der Waals surface area contributed by atoms with E-state index < -0.39 is 50.5 Å². The average molecular weight is 589 g/mol. The van der Waals surface area contributed by atoms with Crippen LogP contribution in [0.25, 0.3) is 0 Å². The Labute approximate surface area is 225 Å². The number of rotatable bonds is 7. The van der Waals surface area contributed by atoms with E-state index in [0.717, 1.165) is 36.4 Å². The monoisotopic (exact) mass is 588 g/mol. The number of sulfone groups is 1. The van der Waals surface area contributed by atoms with Gasteiger partial charge in [-0.3, -0.25) is 4.79 Å². The standard InChI is InChI=1S/C28H23F7O4S/c29-22-10-12-24(13-11-22)40(37,38)25(16-14-23(36)15-17-25)20-6-8-21(9-7-20)26(27(30,31)32,28(33,34)35)39-18-19-4-2-1-3-5-19/h1-13H,14-18H2. The molecule has 3 aromatic rings. The minimum absolute atomic E-state index is 0.0770. The third-order valence-corrected chi connectivity index (χ3v) is 9.73. The van der Waals surface area contributed by atoms with Crippen LogP contribution >= 0.6 is 0 Å². The molecule has 0 radical (unpaired) electrons. The molecule has 1 aliphatic rings. The predicted octanol–water partition coefficient (Wildman–Crippen LogP) is 7.17. The predicted molar refractivity (Wildman–Crippen MR) is 130 cm³/mol. The van der Waals surface area contributed by atoms with Crippen LogP contribution in [0.1, 0.15) is 42.4 Å². The Balaban J connectivity index is 1.83. The van der Waals surface area contributed by atoms with Gasteiger partial charge < -0.3 is 4.74 Å². The summed E-state index contributed by atoms with van der Waals surface area (Å²) in [4.78, 5) is 11.7. The molecule has 0 saturated heterocycles. The Morgan fingerprint density at radius 2 is 1.27 bits per heavy atom. The van der Waals surface area contributed by atoms with E-state index in [-0.39, 0.29) is 47.5 Å². The van der Waals surface area contributed by atoms with Gasteiger partial charge in [-0.05, 0) is 48.2 Å². The SMILES string of the molecule is O=C1CCC(c2ccc(C(OCc3ccccc3)(C(F)(F)F)C(F)(F)F)cc2)(S(=O)(=O)c2ccc(F)cc2)CC1. The molecule has 0 bridgehead atoms.